The summed E-state index contributed by atoms with van der Waals surface area (Å²) in [6, 6.07) is 3.80. The average molecular weight is 337 g/mol. The second-order valence-electron chi connectivity index (χ2n) is 5.55. The molecule has 0 atom stereocenters. The van der Waals surface area contributed by atoms with Gasteiger partial charge in [-0.2, -0.15) is 8.78 Å². The predicted octanol–water partition coefficient (Wildman–Crippen LogP) is 3.21. The SMILES string of the molecule is C#CCC1(C(=O)Nc2ccc(OC(F)F)c(C(=O)OC)c2)CCC1. The second-order valence-corrected chi connectivity index (χ2v) is 5.55. The molecule has 1 aliphatic carbocycles. The molecule has 0 bridgehead atoms. The van der Waals surface area contributed by atoms with Crippen molar-refractivity contribution in [3.8, 4) is 18.1 Å². The van der Waals surface area contributed by atoms with Gasteiger partial charge in [0.05, 0.1) is 12.5 Å². The molecule has 7 heteroatoms. The third kappa shape index (κ3) is 3.65. The first-order valence-electron chi connectivity index (χ1n) is 7.34. The van der Waals surface area contributed by atoms with Crippen LogP contribution in [-0.2, 0) is 9.53 Å². The highest BCUT2D eigenvalue weighted by Gasteiger charge is 2.43. The lowest BCUT2D eigenvalue weighted by molar-refractivity contribution is -0.129. The highest BCUT2D eigenvalue weighted by Crippen LogP contribution is 2.44. The molecule has 0 saturated heterocycles. The molecule has 1 amide bonds. The molecule has 24 heavy (non-hydrogen) atoms. The fraction of sp³-hybridized carbons (Fsp3) is 0.412. The van der Waals surface area contributed by atoms with Gasteiger partial charge in [0.1, 0.15) is 11.3 Å². The van der Waals surface area contributed by atoms with Gasteiger partial charge in [-0.15, -0.1) is 12.3 Å². The molecule has 0 unspecified atom stereocenters. The van der Waals surface area contributed by atoms with Crippen molar-refractivity contribution in [1.29, 1.82) is 0 Å². The standard InChI is InChI=1S/C17H17F2NO4/c1-3-7-17(8-4-9-17)15(22)20-11-5-6-13(24-16(18)19)12(10-11)14(21)23-2/h1,5-6,10,16H,4,7-9H2,2H3,(H,20,22). The van der Waals surface area contributed by atoms with E-state index >= 15 is 0 Å². The summed E-state index contributed by atoms with van der Waals surface area (Å²) >= 11 is 0. The van der Waals surface area contributed by atoms with Crippen LogP contribution in [0, 0.1) is 17.8 Å². The van der Waals surface area contributed by atoms with Crippen LogP contribution < -0.4 is 10.1 Å². The second kappa shape index (κ2) is 7.30. The lowest BCUT2D eigenvalue weighted by atomic mass is 9.66. The van der Waals surface area contributed by atoms with Crippen molar-refractivity contribution in [3.63, 3.8) is 0 Å². The van der Waals surface area contributed by atoms with Gasteiger partial charge in [-0.25, -0.2) is 4.79 Å². The lowest BCUT2D eigenvalue weighted by Crippen LogP contribution is -2.41. The number of hydrogen-bond acceptors (Lipinski definition) is 4. The first-order chi connectivity index (χ1) is 11.4. The van der Waals surface area contributed by atoms with Gasteiger partial charge in [-0.3, -0.25) is 4.79 Å². The van der Waals surface area contributed by atoms with Gasteiger partial charge in [-0.05, 0) is 31.0 Å². The van der Waals surface area contributed by atoms with E-state index in [0.717, 1.165) is 13.5 Å². The van der Waals surface area contributed by atoms with Gasteiger partial charge in [0.15, 0.2) is 0 Å². The highest BCUT2D eigenvalue weighted by atomic mass is 19.3. The first kappa shape index (κ1) is 17.7. The number of ether oxygens (including phenoxy) is 2. The number of halogens is 2. The summed E-state index contributed by atoms with van der Waals surface area (Å²) in [6.45, 7) is -3.08. The molecule has 0 heterocycles. The van der Waals surface area contributed by atoms with Crippen LogP contribution in [0.4, 0.5) is 14.5 Å². The van der Waals surface area contributed by atoms with Crippen LogP contribution in [0.1, 0.15) is 36.0 Å². The van der Waals surface area contributed by atoms with Crippen LogP contribution >= 0.6 is 0 Å². The van der Waals surface area contributed by atoms with Crippen LogP contribution in [0.3, 0.4) is 0 Å². The Morgan fingerprint density at radius 3 is 2.62 bits per heavy atom. The van der Waals surface area contributed by atoms with Crippen molar-refractivity contribution in [2.75, 3.05) is 12.4 Å². The minimum Gasteiger partial charge on any atom is -0.465 e. The Kier molecular flexibility index (Phi) is 5.39. The van der Waals surface area contributed by atoms with E-state index in [0.29, 0.717) is 19.3 Å². The van der Waals surface area contributed by atoms with Crippen LogP contribution in [-0.4, -0.2) is 25.6 Å². The summed E-state index contributed by atoms with van der Waals surface area (Å²) in [7, 11) is 1.12. The van der Waals surface area contributed by atoms with E-state index < -0.39 is 18.0 Å². The van der Waals surface area contributed by atoms with Gasteiger partial charge in [-0.1, -0.05) is 6.42 Å². The molecule has 0 radical (unpaired) electrons. The zero-order chi connectivity index (χ0) is 17.7. The largest absolute Gasteiger partial charge is 0.465 e. The molecule has 1 aliphatic rings. The first-order valence-corrected chi connectivity index (χ1v) is 7.34. The number of carbonyl (C=O) groups excluding carboxylic acids is 2. The molecule has 0 aliphatic heterocycles. The summed E-state index contributed by atoms with van der Waals surface area (Å²) in [4.78, 5) is 24.2. The third-order valence-corrected chi connectivity index (χ3v) is 4.09. The molecule has 1 fully saturated rings. The maximum Gasteiger partial charge on any atom is 0.387 e. The number of terminal acetylenes is 1. The number of rotatable bonds is 6. The summed E-state index contributed by atoms with van der Waals surface area (Å²) in [5.74, 6) is 1.10. The fourth-order valence-electron chi connectivity index (χ4n) is 2.62. The summed E-state index contributed by atoms with van der Waals surface area (Å²) in [5.41, 5.74) is -0.515. The van der Waals surface area contributed by atoms with E-state index in [2.05, 4.69) is 20.7 Å². The summed E-state index contributed by atoms with van der Waals surface area (Å²) in [5, 5.41) is 2.68. The number of carbonyl (C=O) groups is 2. The maximum atomic E-state index is 12.4. The summed E-state index contributed by atoms with van der Waals surface area (Å²) in [6.07, 6.45) is 7.96. The average Bonchev–Trinajstić information content (AvgIpc) is 2.50. The van der Waals surface area contributed by atoms with Crippen molar-refractivity contribution >= 4 is 17.6 Å². The monoisotopic (exact) mass is 337 g/mol. The van der Waals surface area contributed by atoms with E-state index in [1.165, 1.54) is 18.2 Å². The number of anilines is 1. The van der Waals surface area contributed by atoms with Crippen molar-refractivity contribution in [2.24, 2.45) is 5.41 Å². The molecule has 1 N–H and O–H groups in total. The number of benzene rings is 1. The van der Waals surface area contributed by atoms with E-state index in [4.69, 9.17) is 6.42 Å². The molecule has 1 aromatic rings. The van der Waals surface area contributed by atoms with Crippen LogP contribution in [0.15, 0.2) is 18.2 Å². The molecule has 1 aromatic carbocycles. The number of nitrogens with one attached hydrogen (secondary N) is 1. The Balaban J connectivity index is 2.23. The lowest BCUT2D eigenvalue weighted by Gasteiger charge is -2.38. The van der Waals surface area contributed by atoms with E-state index in [-0.39, 0.29) is 22.9 Å². The van der Waals surface area contributed by atoms with Gasteiger partial charge in [0.2, 0.25) is 5.91 Å². The minimum absolute atomic E-state index is 0.199. The normalized spacial score (nSPS) is 15.1. The number of hydrogen-bond donors (Lipinski definition) is 1. The zero-order valence-electron chi connectivity index (χ0n) is 13.1. The Bertz CT molecular complexity index is 678. The molecule has 0 aromatic heterocycles. The van der Waals surface area contributed by atoms with Gasteiger partial charge < -0.3 is 14.8 Å². The van der Waals surface area contributed by atoms with Crippen molar-refractivity contribution in [2.45, 2.75) is 32.3 Å². The topological polar surface area (TPSA) is 64.6 Å². The molecule has 2 rings (SSSR count). The van der Waals surface area contributed by atoms with Crippen molar-refractivity contribution < 1.29 is 27.8 Å². The van der Waals surface area contributed by atoms with Gasteiger partial charge in [0, 0.05) is 12.1 Å². The number of alkyl halides is 2. The summed E-state index contributed by atoms with van der Waals surface area (Å²) < 4.78 is 33.7. The van der Waals surface area contributed by atoms with E-state index in [1.54, 1.807) is 0 Å². The predicted molar refractivity (Wildman–Crippen MR) is 82.8 cm³/mol. The van der Waals surface area contributed by atoms with Crippen molar-refractivity contribution in [3.05, 3.63) is 23.8 Å². The number of methoxy groups -OCH3 is 1. The fourth-order valence-corrected chi connectivity index (χ4v) is 2.62. The zero-order valence-corrected chi connectivity index (χ0v) is 13.1. The van der Waals surface area contributed by atoms with E-state index in [1.807, 2.05) is 0 Å². The molecule has 1 saturated carbocycles. The Labute approximate surface area is 138 Å². The highest BCUT2D eigenvalue weighted by molar-refractivity contribution is 5.99. The van der Waals surface area contributed by atoms with Crippen LogP contribution in [0.25, 0.3) is 0 Å². The maximum absolute atomic E-state index is 12.4. The molecular weight excluding hydrogens is 320 g/mol. The van der Waals surface area contributed by atoms with Crippen molar-refractivity contribution in [1.82, 2.24) is 0 Å². The van der Waals surface area contributed by atoms with Gasteiger partial charge in [0.25, 0.3) is 0 Å². The molecular formula is C17H17F2NO4. The Morgan fingerprint density at radius 2 is 2.12 bits per heavy atom. The Morgan fingerprint density at radius 1 is 1.42 bits per heavy atom. The number of esters is 1. The molecule has 0 spiro atoms. The molecule has 5 nitrogen and oxygen atoms in total. The third-order valence-electron chi connectivity index (χ3n) is 4.09. The van der Waals surface area contributed by atoms with Crippen LogP contribution in [0.5, 0.6) is 5.75 Å². The quantitative estimate of drug-likeness (QED) is 0.639. The number of amides is 1. The smallest absolute Gasteiger partial charge is 0.387 e. The van der Waals surface area contributed by atoms with Gasteiger partial charge >= 0.3 is 12.6 Å². The van der Waals surface area contributed by atoms with E-state index in [9.17, 15) is 18.4 Å². The van der Waals surface area contributed by atoms with Crippen LogP contribution in [0.2, 0.25) is 0 Å². The molecule has 128 valence electrons. The minimum atomic E-state index is -3.08. The Hall–Kier alpha value is -2.62.